The monoisotopic (exact) mass is 692 g/mol. The number of hydrogen-bond donors (Lipinski definition) is 0. The van der Waals surface area contributed by atoms with E-state index in [0.29, 0.717) is 52.7 Å². The molecule has 51 heavy (non-hydrogen) atoms. The number of nitriles is 1. The van der Waals surface area contributed by atoms with Crippen molar-refractivity contribution in [1.29, 1.82) is 5.26 Å². The molecule has 0 aliphatic carbocycles. The van der Waals surface area contributed by atoms with E-state index in [1.165, 1.54) is 4.90 Å². The largest absolute Gasteiger partial charge is 0.493 e. The molecule has 5 atom stereocenters. The molecule has 0 saturated carbocycles. The number of nitrogens with zero attached hydrogens (tertiary/aromatic N) is 4. The second kappa shape index (κ2) is 12.6. The first kappa shape index (κ1) is 33.1. The Morgan fingerprint density at radius 2 is 1.71 bits per heavy atom. The lowest BCUT2D eigenvalue weighted by atomic mass is 9.71. The predicted molar refractivity (Wildman–Crippen MR) is 185 cm³/mol. The average Bonchev–Trinajstić information content (AvgIpc) is 3.71. The summed E-state index contributed by atoms with van der Waals surface area (Å²) in [6.45, 7) is 8.10. The van der Waals surface area contributed by atoms with E-state index in [1.54, 1.807) is 44.6 Å². The molecular formula is C39H40N4O8. The van der Waals surface area contributed by atoms with Crippen molar-refractivity contribution in [3.05, 3.63) is 87.5 Å². The summed E-state index contributed by atoms with van der Waals surface area (Å²) < 4.78 is 36.3. The van der Waals surface area contributed by atoms with Gasteiger partial charge in [-0.2, -0.15) is 5.26 Å². The molecule has 5 aliphatic rings. The Morgan fingerprint density at radius 1 is 0.980 bits per heavy atom. The number of methoxy groups -OCH3 is 2. The van der Waals surface area contributed by atoms with Gasteiger partial charge in [-0.3, -0.25) is 24.3 Å². The van der Waals surface area contributed by atoms with E-state index >= 15 is 0 Å². The van der Waals surface area contributed by atoms with Crippen LogP contribution in [-0.2, 0) is 17.6 Å². The van der Waals surface area contributed by atoms with E-state index in [9.17, 15) is 14.9 Å². The fourth-order valence-electron chi connectivity index (χ4n) is 9.16. The molecule has 1 unspecified atom stereocenters. The van der Waals surface area contributed by atoms with Crippen molar-refractivity contribution in [2.24, 2.45) is 0 Å². The predicted octanol–water partition coefficient (Wildman–Crippen LogP) is 4.66. The molecule has 0 N–H and O–H groups in total. The zero-order valence-electron chi connectivity index (χ0n) is 29.4. The fourth-order valence-corrected chi connectivity index (χ4v) is 9.16. The van der Waals surface area contributed by atoms with Crippen molar-refractivity contribution >= 4 is 11.8 Å². The molecule has 2 amide bonds. The Kier molecular flexibility index (Phi) is 8.17. The average molecular weight is 693 g/mol. The summed E-state index contributed by atoms with van der Waals surface area (Å²) in [5.74, 6) is 2.25. The Morgan fingerprint density at radius 3 is 2.37 bits per heavy atom. The van der Waals surface area contributed by atoms with Gasteiger partial charge in [-0.25, -0.2) is 0 Å². The summed E-state index contributed by atoms with van der Waals surface area (Å²) in [4.78, 5) is 33.7. The van der Waals surface area contributed by atoms with Gasteiger partial charge < -0.3 is 28.4 Å². The number of benzene rings is 3. The Hall–Kier alpha value is -5.09. The van der Waals surface area contributed by atoms with Crippen molar-refractivity contribution < 1.29 is 38.0 Å². The molecule has 12 nitrogen and oxygen atoms in total. The number of carbonyl (C=O) groups excluding carboxylic acids is 2. The number of amides is 2. The lowest BCUT2D eigenvalue weighted by Crippen LogP contribution is -2.69. The highest BCUT2D eigenvalue weighted by atomic mass is 16.7. The van der Waals surface area contributed by atoms with Crippen molar-refractivity contribution in [3.63, 3.8) is 0 Å². The van der Waals surface area contributed by atoms with Crippen LogP contribution in [0.25, 0.3) is 0 Å². The summed E-state index contributed by atoms with van der Waals surface area (Å²) in [6, 6.07) is 9.60. The number of aryl methyl sites for hydroxylation is 1. The van der Waals surface area contributed by atoms with Crippen LogP contribution < -0.4 is 23.7 Å². The molecule has 1 saturated heterocycles. The Balaban J connectivity index is 1.37. The van der Waals surface area contributed by atoms with Crippen molar-refractivity contribution in [3.8, 4) is 34.8 Å². The van der Waals surface area contributed by atoms with Crippen LogP contribution in [0.2, 0.25) is 0 Å². The normalized spacial score (nSPS) is 24.3. The van der Waals surface area contributed by atoms with Crippen LogP contribution in [0, 0.1) is 25.2 Å². The van der Waals surface area contributed by atoms with Gasteiger partial charge in [0.15, 0.2) is 29.8 Å². The van der Waals surface area contributed by atoms with Gasteiger partial charge in [-0.05, 0) is 57.0 Å². The third-order valence-corrected chi connectivity index (χ3v) is 11.1. The topological polar surface area (TPSA) is 123 Å². The third kappa shape index (κ3) is 4.75. The quantitative estimate of drug-likeness (QED) is 0.177. The standard InChI is InChI=1S/C39H40N4O8/c1-7-12-48-34-21(3)35-37(51-19-50-35)31-25(34)15-27-32-30-22(13-20(2)33(47-6)36(30)49-18-46-5)14-26(41(32)4)28(16-40)43(27)29(31)17-42-38(44)23-10-8-9-11-24(23)39(42)45/h7-11,13,26-29,32H,1,12,14-15,17-19H2,2-6H3/t26-,27-,28-,29-,32?/m0/s1. The summed E-state index contributed by atoms with van der Waals surface area (Å²) >= 11 is 0. The van der Waals surface area contributed by atoms with E-state index in [4.69, 9.17) is 28.4 Å². The number of rotatable bonds is 9. The molecule has 0 radical (unpaired) electrons. The maximum atomic E-state index is 13.9. The highest BCUT2D eigenvalue weighted by Crippen LogP contribution is 2.59. The smallest absolute Gasteiger partial charge is 0.261 e. The maximum absolute atomic E-state index is 13.9. The van der Waals surface area contributed by atoms with Crippen LogP contribution in [0.3, 0.4) is 0 Å². The van der Waals surface area contributed by atoms with Crippen molar-refractivity contribution in [2.45, 2.75) is 56.9 Å². The minimum Gasteiger partial charge on any atom is -0.493 e. The van der Waals surface area contributed by atoms with E-state index in [2.05, 4.69) is 35.6 Å². The summed E-state index contributed by atoms with van der Waals surface area (Å²) in [5, 5.41) is 11.1. The van der Waals surface area contributed by atoms with E-state index < -0.39 is 12.1 Å². The minimum absolute atomic E-state index is 0.00590. The molecule has 0 spiro atoms. The third-order valence-electron chi connectivity index (χ3n) is 11.1. The molecule has 5 aliphatic heterocycles. The number of imide groups is 1. The van der Waals surface area contributed by atoms with E-state index in [0.717, 1.165) is 33.4 Å². The van der Waals surface area contributed by atoms with Gasteiger partial charge >= 0.3 is 0 Å². The van der Waals surface area contributed by atoms with Gasteiger partial charge in [-0.1, -0.05) is 30.9 Å². The summed E-state index contributed by atoms with van der Waals surface area (Å²) in [6.07, 6.45) is 2.74. The van der Waals surface area contributed by atoms with Crippen molar-refractivity contribution in [1.82, 2.24) is 14.7 Å². The van der Waals surface area contributed by atoms with E-state index in [-0.39, 0.29) is 56.7 Å². The zero-order chi connectivity index (χ0) is 35.7. The number of likely N-dealkylation sites (N-methyl/N-ethyl adjacent to an activating group) is 1. The molecule has 1 fully saturated rings. The Bertz CT molecular complexity index is 1990. The molecule has 3 aromatic carbocycles. The van der Waals surface area contributed by atoms with Gasteiger partial charge in [0, 0.05) is 48.0 Å². The van der Waals surface area contributed by atoms with Gasteiger partial charge in [0.2, 0.25) is 6.79 Å². The number of hydrogen-bond acceptors (Lipinski definition) is 11. The van der Waals surface area contributed by atoms with Gasteiger partial charge in [0.1, 0.15) is 18.4 Å². The van der Waals surface area contributed by atoms with Gasteiger partial charge in [-0.15, -0.1) is 0 Å². The van der Waals surface area contributed by atoms with Crippen LogP contribution in [-0.4, -0.2) is 92.6 Å². The molecular weight excluding hydrogens is 652 g/mol. The lowest BCUT2D eigenvalue weighted by molar-refractivity contribution is -0.0766. The molecule has 0 aromatic heterocycles. The van der Waals surface area contributed by atoms with Crippen LogP contribution in [0.15, 0.2) is 43.0 Å². The van der Waals surface area contributed by atoms with Crippen molar-refractivity contribution in [2.75, 3.05) is 48.0 Å². The van der Waals surface area contributed by atoms with Gasteiger partial charge in [0.25, 0.3) is 11.8 Å². The fraction of sp³-hybridized carbons (Fsp3) is 0.410. The summed E-state index contributed by atoms with van der Waals surface area (Å²) in [5.41, 5.74) is 6.14. The molecule has 2 bridgehead atoms. The second-order valence-corrected chi connectivity index (χ2v) is 13.6. The van der Waals surface area contributed by atoms with Crippen LogP contribution in [0.4, 0.5) is 0 Å². The van der Waals surface area contributed by atoms with E-state index in [1.807, 2.05) is 13.8 Å². The molecule has 12 heteroatoms. The minimum atomic E-state index is -0.635. The number of carbonyl (C=O) groups is 2. The zero-order valence-corrected chi connectivity index (χ0v) is 29.4. The first-order valence-corrected chi connectivity index (χ1v) is 17.1. The van der Waals surface area contributed by atoms with Crippen LogP contribution >= 0.6 is 0 Å². The maximum Gasteiger partial charge on any atom is 0.261 e. The lowest BCUT2D eigenvalue weighted by Gasteiger charge is -2.60. The molecule has 3 aromatic rings. The number of fused-ring (bicyclic) bond motifs is 10. The van der Waals surface area contributed by atoms with Gasteiger partial charge in [0.05, 0.1) is 36.4 Å². The number of piperazine rings is 1. The van der Waals surface area contributed by atoms with Crippen LogP contribution in [0.1, 0.15) is 66.2 Å². The van der Waals surface area contributed by atoms with Crippen LogP contribution in [0.5, 0.6) is 28.7 Å². The number of ether oxygens (including phenoxy) is 6. The molecule has 5 heterocycles. The first-order valence-electron chi connectivity index (χ1n) is 17.1. The highest BCUT2D eigenvalue weighted by molar-refractivity contribution is 6.21. The second-order valence-electron chi connectivity index (χ2n) is 13.6. The summed E-state index contributed by atoms with van der Waals surface area (Å²) in [7, 11) is 5.27. The highest BCUT2D eigenvalue weighted by Gasteiger charge is 2.57. The first-order chi connectivity index (χ1) is 24.7. The molecule has 264 valence electrons. The Labute approximate surface area is 296 Å². The SMILES string of the molecule is C=CCOc1c(C)c2c(c3c1C[C@H]1C4c5c(cc(C)c(OC)c5OCOC)C[C@@H]([C@H](C#N)N1[C@H]3CN1C(=O)c3ccccc3C1=O)N4C)OCO2. The molecule has 8 rings (SSSR count).